The molecular formula is C22H25N5O2. The lowest BCUT2D eigenvalue weighted by Crippen LogP contribution is -2.36. The van der Waals surface area contributed by atoms with Crippen LogP contribution in [0, 0.1) is 5.92 Å². The van der Waals surface area contributed by atoms with Crippen LogP contribution in [0.4, 0.5) is 0 Å². The van der Waals surface area contributed by atoms with Gasteiger partial charge in [0.1, 0.15) is 5.76 Å². The predicted octanol–water partition coefficient (Wildman–Crippen LogP) is 3.08. The van der Waals surface area contributed by atoms with E-state index in [4.69, 9.17) is 4.52 Å². The molecule has 29 heavy (non-hydrogen) atoms. The second-order valence-corrected chi connectivity index (χ2v) is 8.19. The highest BCUT2D eigenvalue weighted by molar-refractivity contribution is 5.56. The molecule has 1 saturated carbocycles. The molecule has 0 unspecified atom stereocenters. The van der Waals surface area contributed by atoms with Gasteiger partial charge in [-0.1, -0.05) is 5.16 Å². The fourth-order valence-electron chi connectivity index (χ4n) is 4.02. The summed E-state index contributed by atoms with van der Waals surface area (Å²) in [5.74, 6) is 2.12. The molecule has 0 amide bonds. The normalized spacial score (nSPS) is 18.2. The van der Waals surface area contributed by atoms with Crippen molar-refractivity contribution in [2.24, 2.45) is 5.92 Å². The van der Waals surface area contributed by atoms with Gasteiger partial charge in [0, 0.05) is 49.1 Å². The summed E-state index contributed by atoms with van der Waals surface area (Å²) in [6.45, 7) is 3.53. The van der Waals surface area contributed by atoms with Crippen LogP contribution in [0.1, 0.15) is 43.1 Å². The van der Waals surface area contributed by atoms with E-state index >= 15 is 0 Å². The minimum Gasteiger partial charge on any atom is -0.361 e. The summed E-state index contributed by atoms with van der Waals surface area (Å²) < 4.78 is 7.08. The lowest BCUT2D eigenvalue weighted by Gasteiger charge is -2.31. The summed E-state index contributed by atoms with van der Waals surface area (Å²) in [5, 5.41) is 8.82. The third-order valence-electron chi connectivity index (χ3n) is 5.92. The number of nitrogens with zero attached hydrogens (tertiary/aromatic N) is 5. The van der Waals surface area contributed by atoms with Crippen LogP contribution < -0.4 is 5.56 Å². The number of aromatic nitrogens is 4. The molecule has 150 valence electrons. The first-order chi connectivity index (χ1) is 14.2. The minimum absolute atomic E-state index is 0.0413. The molecule has 1 aliphatic heterocycles. The van der Waals surface area contributed by atoms with E-state index in [-0.39, 0.29) is 5.56 Å². The van der Waals surface area contributed by atoms with Crippen LogP contribution in [0.5, 0.6) is 0 Å². The predicted molar refractivity (Wildman–Crippen MR) is 108 cm³/mol. The van der Waals surface area contributed by atoms with E-state index < -0.39 is 0 Å². The van der Waals surface area contributed by atoms with Crippen molar-refractivity contribution in [2.75, 3.05) is 13.1 Å². The van der Waals surface area contributed by atoms with Gasteiger partial charge in [-0.05, 0) is 62.9 Å². The molecular weight excluding hydrogens is 366 g/mol. The van der Waals surface area contributed by atoms with Crippen molar-refractivity contribution >= 4 is 0 Å². The Balaban J connectivity index is 1.18. The third-order valence-corrected chi connectivity index (χ3v) is 5.92. The summed E-state index contributed by atoms with van der Waals surface area (Å²) in [4.78, 5) is 18.8. The van der Waals surface area contributed by atoms with Crippen molar-refractivity contribution in [3.8, 4) is 11.3 Å². The van der Waals surface area contributed by atoms with Crippen LogP contribution in [0.25, 0.3) is 11.3 Å². The molecule has 0 spiro atoms. The monoisotopic (exact) mass is 391 g/mol. The fraction of sp³-hybridized carbons (Fsp3) is 0.455. The largest absolute Gasteiger partial charge is 0.361 e. The Kier molecular flexibility index (Phi) is 4.97. The molecule has 1 aliphatic carbocycles. The minimum atomic E-state index is -0.0413. The molecule has 0 radical (unpaired) electrons. The maximum Gasteiger partial charge on any atom is 0.266 e. The van der Waals surface area contributed by atoms with Gasteiger partial charge in [-0.25, -0.2) is 4.68 Å². The Bertz CT molecular complexity index is 1020. The molecule has 0 N–H and O–H groups in total. The Morgan fingerprint density at radius 2 is 1.83 bits per heavy atom. The van der Waals surface area contributed by atoms with E-state index in [1.807, 2.05) is 12.1 Å². The average Bonchev–Trinajstić information content (AvgIpc) is 3.51. The van der Waals surface area contributed by atoms with Crippen molar-refractivity contribution < 1.29 is 4.52 Å². The van der Waals surface area contributed by atoms with E-state index in [0.717, 1.165) is 55.2 Å². The molecule has 0 atom stereocenters. The van der Waals surface area contributed by atoms with Gasteiger partial charge in [0.15, 0.2) is 0 Å². The van der Waals surface area contributed by atoms with E-state index in [2.05, 4.69) is 26.2 Å². The second kappa shape index (κ2) is 7.91. The van der Waals surface area contributed by atoms with Crippen LogP contribution in [0.2, 0.25) is 0 Å². The van der Waals surface area contributed by atoms with Gasteiger partial charge in [-0.15, -0.1) is 0 Å². The molecule has 0 bridgehead atoms. The van der Waals surface area contributed by atoms with Crippen LogP contribution in [-0.4, -0.2) is 37.9 Å². The Labute approximate surface area is 169 Å². The molecule has 7 heteroatoms. The maximum atomic E-state index is 12.3. The lowest BCUT2D eigenvalue weighted by molar-refractivity contribution is 0.160. The van der Waals surface area contributed by atoms with Crippen LogP contribution in [0.3, 0.4) is 0 Å². The standard InChI is InChI=1S/C22H25N5O2/c28-22-4-3-20(17-5-9-23-10-6-17)24-27(22)14-16-7-11-26(12-8-16)15-19-13-21(29-25-19)18-1-2-18/h3-6,9-10,13,16,18H,1-2,7-8,11-12,14-15H2. The van der Waals surface area contributed by atoms with Crippen molar-refractivity contribution in [3.63, 3.8) is 0 Å². The molecule has 0 aromatic carbocycles. The van der Waals surface area contributed by atoms with Gasteiger partial charge in [0.25, 0.3) is 5.56 Å². The van der Waals surface area contributed by atoms with Crippen molar-refractivity contribution in [3.05, 3.63) is 64.5 Å². The topological polar surface area (TPSA) is 77.0 Å². The van der Waals surface area contributed by atoms with Gasteiger partial charge in [-0.2, -0.15) is 5.10 Å². The number of hydrogen-bond acceptors (Lipinski definition) is 6. The van der Waals surface area contributed by atoms with Gasteiger partial charge in [0.05, 0.1) is 11.4 Å². The zero-order valence-electron chi connectivity index (χ0n) is 16.4. The number of hydrogen-bond donors (Lipinski definition) is 0. The Hall–Kier alpha value is -2.80. The quantitative estimate of drug-likeness (QED) is 0.643. The zero-order valence-corrected chi connectivity index (χ0v) is 16.4. The maximum absolute atomic E-state index is 12.3. The van der Waals surface area contributed by atoms with Gasteiger partial charge in [0.2, 0.25) is 0 Å². The highest BCUT2D eigenvalue weighted by Crippen LogP contribution is 2.40. The molecule has 1 saturated heterocycles. The zero-order chi connectivity index (χ0) is 19.6. The summed E-state index contributed by atoms with van der Waals surface area (Å²) >= 11 is 0. The first kappa shape index (κ1) is 18.2. The lowest BCUT2D eigenvalue weighted by atomic mass is 9.96. The number of pyridine rings is 1. The van der Waals surface area contributed by atoms with E-state index in [1.54, 1.807) is 29.2 Å². The Morgan fingerprint density at radius 1 is 1.03 bits per heavy atom. The van der Waals surface area contributed by atoms with Crippen molar-refractivity contribution in [1.29, 1.82) is 0 Å². The first-order valence-electron chi connectivity index (χ1n) is 10.4. The van der Waals surface area contributed by atoms with E-state index in [9.17, 15) is 4.79 Å². The van der Waals surface area contributed by atoms with Gasteiger partial charge >= 0.3 is 0 Å². The highest BCUT2D eigenvalue weighted by atomic mass is 16.5. The number of piperidine rings is 1. The van der Waals surface area contributed by atoms with Crippen LogP contribution in [0.15, 0.2) is 52.0 Å². The number of likely N-dealkylation sites (tertiary alicyclic amines) is 1. The Morgan fingerprint density at radius 3 is 2.59 bits per heavy atom. The summed E-state index contributed by atoms with van der Waals surface area (Å²) in [5.41, 5.74) is 2.78. The van der Waals surface area contributed by atoms with E-state index in [0.29, 0.717) is 18.4 Å². The first-order valence-corrected chi connectivity index (χ1v) is 10.4. The van der Waals surface area contributed by atoms with E-state index in [1.165, 1.54) is 12.8 Å². The fourth-order valence-corrected chi connectivity index (χ4v) is 4.02. The van der Waals surface area contributed by atoms with Crippen LogP contribution in [-0.2, 0) is 13.1 Å². The molecule has 3 aromatic rings. The van der Waals surface area contributed by atoms with Crippen LogP contribution >= 0.6 is 0 Å². The van der Waals surface area contributed by atoms with Crippen molar-refractivity contribution in [2.45, 2.75) is 44.7 Å². The summed E-state index contributed by atoms with van der Waals surface area (Å²) in [6.07, 6.45) is 8.06. The third kappa shape index (κ3) is 4.29. The SMILES string of the molecule is O=c1ccc(-c2ccncc2)nn1CC1CCN(Cc2cc(C3CC3)on2)CC1. The molecule has 2 aliphatic rings. The average molecular weight is 391 g/mol. The summed E-state index contributed by atoms with van der Waals surface area (Å²) in [7, 11) is 0. The smallest absolute Gasteiger partial charge is 0.266 e. The summed E-state index contributed by atoms with van der Waals surface area (Å²) in [6, 6.07) is 9.34. The van der Waals surface area contributed by atoms with Gasteiger partial charge < -0.3 is 4.52 Å². The molecule has 5 rings (SSSR count). The van der Waals surface area contributed by atoms with Gasteiger partial charge in [-0.3, -0.25) is 14.7 Å². The highest BCUT2D eigenvalue weighted by Gasteiger charge is 2.28. The molecule has 4 heterocycles. The number of rotatable bonds is 6. The molecule has 7 nitrogen and oxygen atoms in total. The molecule has 2 fully saturated rings. The van der Waals surface area contributed by atoms with Crippen molar-refractivity contribution in [1.82, 2.24) is 24.8 Å². The molecule has 3 aromatic heterocycles. The second-order valence-electron chi connectivity index (χ2n) is 8.19.